The van der Waals surface area contributed by atoms with Gasteiger partial charge in [0.2, 0.25) is 0 Å². The van der Waals surface area contributed by atoms with Crippen molar-refractivity contribution in [2.45, 2.75) is 18.9 Å². The monoisotopic (exact) mass is 415 g/mol. The number of hydrogen-bond acceptors (Lipinski definition) is 6. The average Bonchev–Trinajstić information content (AvgIpc) is 3.22. The van der Waals surface area contributed by atoms with Gasteiger partial charge in [-0.05, 0) is 50.7 Å². The van der Waals surface area contributed by atoms with E-state index in [1.54, 1.807) is 11.0 Å². The normalized spacial score (nSPS) is 18.9. The minimum Gasteiger partial charge on any atom is -0.489 e. The lowest BCUT2D eigenvalue weighted by Gasteiger charge is -2.30. The summed E-state index contributed by atoms with van der Waals surface area (Å²) in [4.78, 5) is 26.0. The Balaban J connectivity index is 1.50. The van der Waals surface area contributed by atoms with Crippen molar-refractivity contribution < 1.29 is 9.53 Å². The third-order valence-corrected chi connectivity index (χ3v) is 5.93. The molecule has 2 aromatic carbocycles. The van der Waals surface area contributed by atoms with Crippen molar-refractivity contribution in [3.8, 4) is 5.75 Å². The van der Waals surface area contributed by atoms with Crippen molar-refractivity contribution in [1.82, 2.24) is 14.9 Å². The lowest BCUT2D eigenvalue weighted by atomic mass is 10.1. The van der Waals surface area contributed by atoms with Crippen LogP contribution in [0.1, 0.15) is 12.8 Å². The topological polar surface area (TPSA) is 70.6 Å². The number of rotatable bonds is 4. The number of ether oxygens (including phenoxy) is 1. The van der Waals surface area contributed by atoms with Crippen LogP contribution in [-0.2, 0) is 4.79 Å². The first-order chi connectivity index (χ1) is 15.2. The molecular formula is C24H25N5O2. The zero-order valence-corrected chi connectivity index (χ0v) is 17.5. The Morgan fingerprint density at radius 1 is 1.16 bits per heavy atom. The molecule has 7 nitrogen and oxygen atoms in total. The largest absolute Gasteiger partial charge is 0.489 e. The summed E-state index contributed by atoms with van der Waals surface area (Å²) in [6.07, 6.45) is 7.53. The molecule has 0 unspecified atom stereocenters. The number of aromatic nitrogens is 2. The predicted octanol–water partition coefficient (Wildman–Crippen LogP) is 3.75. The highest BCUT2D eigenvalue weighted by Crippen LogP contribution is 2.41. The van der Waals surface area contributed by atoms with E-state index in [0.717, 1.165) is 35.2 Å². The molecule has 0 radical (unpaired) electrons. The van der Waals surface area contributed by atoms with Crippen molar-refractivity contribution in [1.29, 1.82) is 0 Å². The van der Waals surface area contributed by atoms with Gasteiger partial charge in [0.25, 0.3) is 5.91 Å². The van der Waals surface area contributed by atoms with Gasteiger partial charge in [0.15, 0.2) is 5.75 Å². The van der Waals surface area contributed by atoms with Gasteiger partial charge in [-0.15, -0.1) is 0 Å². The molecule has 31 heavy (non-hydrogen) atoms. The molecule has 5 rings (SSSR count). The minimum atomic E-state index is -0.0291. The Morgan fingerprint density at radius 3 is 2.84 bits per heavy atom. The van der Waals surface area contributed by atoms with Gasteiger partial charge in [-0.2, -0.15) is 0 Å². The van der Waals surface area contributed by atoms with Crippen molar-refractivity contribution >= 4 is 34.0 Å². The van der Waals surface area contributed by atoms with Gasteiger partial charge in [0.1, 0.15) is 18.8 Å². The van der Waals surface area contributed by atoms with Crippen LogP contribution in [0.3, 0.4) is 0 Å². The summed E-state index contributed by atoms with van der Waals surface area (Å²) in [7, 11) is 2.10. The Morgan fingerprint density at radius 2 is 2.03 bits per heavy atom. The maximum Gasteiger partial charge on any atom is 0.250 e. The van der Waals surface area contributed by atoms with Crippen molar-refractivity contribution in [2.75, 3.05) is 37.0 Å². The van der Waals surface area contributed by atoms with Crippen molar-refractivity contribution in [2.24, 2.45) is 0 Å². The fraction of sp³-hybridized carbons (Fsp3) is 0.292. The maximum absolute atomic E-state index is 13.1. The quantitative estimate of drug-likeness (QED) is 0.655. The summed E-state index contributed by atoms with van der Waals surface area (Å²) in [5.74, 6) is 1.27. The first-order valence-corrected chi connectivity index (χ1v) is 10.6. The van der Waals surface area contributed by atoms with Crippen LogP contribution in [0.15, 0.2) is 60.9 Å². The fourth-order valence-corrected chi connectivity index (χ4v) is 4.27. The second kappa shape index (κ2) is 8.35. The number of nitrogens with zero attached hydrogens (tertiary/aromatic N) is 4. The van der Waals surface area contributed by atoms with E-state index in [9.17, 15) is 4.79 Å². The zero-order valence-electron chi connectivity index (χ0n) is 17.5. The summed E-state index contributed by atoms with van der Waals surface area (Å²) >= 11 is 0. The summed E-state index contributed by atoms with van der Waals surface area (Å²) < 4.78 is 6.04. The van der Waals surface area contributed by atoms with Gasteiger partial charge >= 0.3 is 0 Å². The molecule has 0 spiro atoms. The Hall–Kier alpha value is -3.45. The van der Waals surface area contributed by atoms with Crippen LogP contribution in [0.2, 0.25) is 0 Å². The summed E-state index contributed by atoms with van der Waals surface area (Å²) in [5, 5.41) is 4.13. The molecule has 1 fully saturated rings. The van der Waals surface area contributed by atoms with E-state index in [-0.39, 0.29) is 5.91 Å². The van der Waals surface area contributed by atoms with E-state index in [1.165, 1.54) is 12.7 Å². The van der Waals surface area contributed by atoms with Gasteiger partial charge in [-0.3, -0.25) is 9.69 Å². The second-order valence-corrected chi connectivity index (χ2v) is 7.91. The van der Waals surface area contributed by atoms with E-state index in [2.05, 4.69) is 27.2 Å². The van der Waals surface area contributed by atoms with Crippen LogP contribution < -0.4 is 15.0 Å². The van der Waals surface area contributed by atoms with Crippen molar-refractivity contribution in [3.63, 3.8) is 0 Å². The van der Waals surface area contributed by atoms with Gasteiger partial charge in [-0.25, -0.2) is 9.97 Å². The number of likely N-dealkylation sites (N-methyl/N-ethyl adjacent to an activating group) is 1. The molecule has 1 amide bonds. The van der Waals surface area contributed by atoms with Crippen LogP contribution >= 0.6 is 0 Å². The molecule has 1 atom stereocenters. The number of hydrogen-bond donors (Lipinski definition) is 1. The number of anilines is 3. The molecule has 0 bridgehead atoms. The molecule has 2 aliphatic rings. The van der Waals surface area contributed by atoms with Crippen LogP contribution in [0.4, 0.5) is 17.2 Å². The Labute approximate surface area is 181 Å². The number of benzene rings is 2. The molecule has 2 aliphatic heterocycles. The molecule has 0 aliphatic carbocycles. The highest BCUT2D eigenvalue weighted by atomic mass is 16.5. The first kappa shape index (κ1) is 19.5. The number of carbonyl (C=O) groups excluding carboxylic acids is 1. The maximum atomic E-state index is 13.1. The molecule has 1 N–H and O–H groups in total. The van der Waals surface area contributed by atoms with Gasteiger partial charge in [0, 0.05) is 17.8 Å². The Kier molecular flexibility index (Phi) is 5.26. The molecule has 1 aromatic heterocycles. The number of para-hydroxylation sites is 1. The average molecular weight is 415 g/mol. The molecule has 3 heterocycles. The highest BCUT2D eigenvalue weighted by molar-refractivity contribution is 6.07. The molecule has 158 valence electrons. The predicted molar refractivity (Wildman–Crippen MR) is 122 cm³/mol. The van der Waals surface area contributed by atoms with Crippen LogP contribution in [0.5, 0.6) is 5.75 Å². The smallest absolute Gasteiger partial charge is 0.250 e. The van der Waals surface area contributed by atoms with Crippen LogP contribution in [0.25, 0.3) is 10.9 Å². The number of amides is 1. The van der Waals surface area contributed by atoms with E-state index in [4.69, 9.17) is 4.74 Å². The van der Waals surface area contributed by atoms with Gasteiger partial charge in [-0.1, -0.05) is 24.3 Å². The van der Waals surface area contributed by atoms with E-state index < -0.39 is 0 Å². The highest BCUT2D eigenvalue weighted by Gasteiger charge is 2.26. The number of fused-ring (bicyclic) bond motifs is 3. The molecule has 0 saturated carbocycles. The molecule has 3 aromatic rings. The third kappa shape index (κ3) is 3.84. The molecule has 1 saturated heterocycles. The first-order valence-electron chi connectivity index (χ1n) is 10.6. The summed E-state index contributed by atoms with van der Waals surface area (Å²) in [6, 6.07) is 14.0. The lowest BCUT2D eigenvalue weighted by Crippen LogP contribution is -2.37. The lowest BCUT2D eigenvalue weighted by molar-refractivity contribution is -0.114. The number of nitrogens with one attached hydrogen (secondary N) is 1. The van der Waals surface area contributed by atoms with Crippen LogP contribution in [-0.4, -0.2) is 53.6 Å². The summed E-state index contributed by atoms with van der Waals surface area (Å²) in [5.41, 5.74) is 2.44. The summed E-state index contributed by atoms with van der Waals surface area (Å²) in [6.45, 7) is 2.01. The van der Waals surface area contributed by atoms with Crippen LogP contribution in [0, 0.1) is 0 Å². The molecule has 7 heteroatoms. The van der Waals surface area contributed by atoms with E-state index >= 15 is 0 Å². The second-order valence-electron chi connectivity index (χ2n) is 7.91. The van der Waals surface area contributed by atoms with Gasteiger partial charge in [0.05, 0.1) is 23.1 Å². The van der Waals surface area contributed by atoms with E-state index in [0.29, 0.717) is 30.8 Å². The standard InChI is InChI=1S/C24H25N5O2/c1-28-13-5-8-18(28)9-12-21(30)29-14-15-31-23-20(29)11-10-19-22(23)24(26-16-25-19)27-17-6-3-2-4-7-17/h2-4,6-7,9-12,16,18H,5,8,13-15H2,1H3,(H,25,26,27)/b12-9+/t18-/m0/s1. The van der Waals surface area contributed by atoms with Crippen molar-refractivity contribution in [3.05, 3.63) is 60.9 Å². The number of carbonyl (C=O) groups is 1. The fourth-order valence-electron chi connectivity index (χ4n) is 4.27. The minimum absolute atomic E-state index is 0.0291. The van der Waals surface area contributed by atoms with E-state index in [1.807, 2.05) is 48.5 Å². The van der Waals surface area contributed by atoms with Gasteiger partial charge < -0.3 is 15.0 Å². The number of likely N-dealkylation sites (tertiary alicyclic amines) is 1. The third-order valence-electron chi connectivity index (χ3n) is 5.93. The molecular weight excluding hydrogens is 390 g/mol. The SMILES string of the molecule is CN1CCC[C@H]1/C=C/C(=O)N1CCOc2c1ccc1ncnc(Nc3ccccc3)c21. The zero-order chi connectivity index (χ0) is 21.2. The Bertz CT molecular complexity index is 1130.